The number of pyridine rings is 1. The van der Waals surface area contributed by atoms with E-state index in [2.05, 4.69) is 20.6 Å². The number of benzene rings is 2. The fraction of sp³-hybridized carbons (Fsp3) is 0.367. The first-order valence-electron chi connectivity index (χ1n) is 14.5. The fourth-order valence-corrected chi connectivity index (χ4v) is 6.18. The number of nitrogens with one attached hydrogen (secondary N) is 1. The lowest BCUT2D eigenvalue weighted by Crippen LogP contribution is -2.52. The van der Waals surface area contributed by atoms with Crippen LogP contribution in [0, 0.1) is 11.6 Å². The van der Waals surface area contributed by atoms with Gasteiger partial charge in [0.25, 0.3) is 0 Å². The van der Waals surface area contributed by atoms with Crippen LogP contribution < -0.4 is 20.5 Å². The van der Waals surface area contributed by atoms with Gasteiger partial charge in [-0.3, -0.25) is 19.1 Å². The largest absolute Gasteiger partial charge is 0.493 e. The smallest absolute Gasteiger partial charge is 0.341 e. The van der Waals surface area contributed by atoms with Crippen LogP contribution in [0.25, 0.3) is 21.8 Å². The Kier molecular flexibility index (Phi) is 8.35. The molecular formula is C30H31F2N7O6S. The normalized spacial score (nSPS) is 17.3. The van der Waals surface area contributed by atoms with Gasteiger partial charge in [0.1, 0.15) is 17.1 Å². The lowest BCUT2D eigenvalue weighted by atomic mass is 10.1. The van der Waals surface area contributed by atoms with Gasteiger partial charge in [0, 0.05) is 43.3 Å². The number of hydroxylamine groups is 1. The molecule has 16 heteroatoms. The summed E-state index contributed by atoms with van der Waals surface area (Å²) >= 11 is 5.00. The average molecular weight is 656 g/mol. The molecule has 2 fully saturated rings. The summed E-state index contributed by atoms with van der Waals surface area (Å²) < 4.78 is 39.2. The number of carboxylic acids is 1. The number of fused-ring (bicyclic) bond motifs is 2. The Hall–Kier alpha value is -4.67. The van der Waals surface area contributed by atoms with E-state index in [9.17, 15) is 24.2 Å². The monoisotopic (exact) mass is 655 g/mol. The number of anilines is 1. The molecule has 242 valence electrons. The number of carboxylic acid groups (broad SMARTS) is 1. The Balaban J connectivity index is 1.32. The molecule has 3 N–H and O–H groups in total. The Morgan fingerprint density at radius 2 is 1.93 bits per heavy atom. The van der Waals surface area contributed by atoms with E-state index in [1.807, 2.05) is 11.8 Å². The zero-order valence-corrected chi connectivity index (χ0v) is 26.0. The molecule has 1 saturated carbocycles. The van der Waals surface area contributed by atoms with Crippen molar-refractivity contribution < 1.29 is 33.4 Å². The van der Waals surface area contributed by atoms with E-state index in [-0.39, 0.29) is 52.3 Å². The van der Waals surface area contributed by atoms with Crippen molar-refractivity contribution in [2.75, 3.05) is 38.8 Å². The summed E-state index contributed by atoms with van der Waals surface area (Å²) in [4.78, 5) is 33.5. The summed E-state index contributed by atoms with van der Waals surface area (Å²) in [6, 6.07) is 4.99. The molecule has 1 saturated heterocycles. The minimum Gasteiger partial charge on any atom is -0.493 e. The molecule has 1 aliphatic carbocycles. The number of nitrogens with zero attached hydrogens (tertiary/aromatic N) is 6. The molecule has 0 bridgehead atoms. The molecule has 0 amide bonds. The number of piperazine rings is 1. The van der Waals surface area contributed by atoms with Gasteiger partial charge in [-0.2, -0.15) is 0 Å². The molecule has 0 radical (unpaired) electrons. The van der Waals surface area contributed by atoms with Crippen molar-refractivity contribution >= 4 is 56.5 Å². The molecule has 2 aromatic carbocycles. The van der Waals surface area contributed by atoms with Crippen LogP contribution in [0.15, 0.2) is 45.5 Å². The molecule has 4 aromatic rings. The number of rotatable bonds is 8. The predicted octanol–water partition coefficient (Wildman–Crippen LogP) is 4.67. The van der Waals surface area contributed by atoms with E-state index in [0.29, 0.717) is 36.1 Å². The molecule has 6 rings (SSSR count). The van der Waals surface area contributed by atoms with Gasteiger partial charge in [-0.25, -0.2) is 19.1 Å². The second-order valence-electron chi connectivity index (χ2n) is 11.3. The van der Waals surface area contributed by atoms with Gasteiger partial charge in [-0.1, -0.05) is 0 Å². The number of azo groups is 1. The highest BCUT2D eigenvalue weighted by Gasteiger charge is 2.34. The first-order chi connectivity index (χ1) is 22.0. The van der Waals surface area contributed by atoms with Crippen LogP contribution in [0.1, 0.15) is 36.2 Å². The van der Waals surface area contributed by atoms with Gasteiger partial charge in [-0.05, 0) is 56.2 Å². The van der Waals surface area contributed by atoms with Crippen molar-refractivity contribution in [2.24, 2.45) is 10.2 Å². The minimum atomic E-state index is -1.37. The topological polar surface area (TPSA) is 146 Å². The fourth-order valence-electron chi connectivity index (χ4n) is 6.05. The number of aromatic nitrogens is 2. The van der Waals surface area contributed by atoms with Crippen molar-refractivity contribution in [3.8, 4) is 11.6 Å². The van der Waals surface area contributed by atoms with E-state index in [0.717, 1.165) is 18.9 Å². The number of hydrogen-bond acceptors (Lipinski definition) is 9. The SMILES string of the molecule is CONC(=S)N=Nc1c(O)n(CN2CCN(c3c(F)cc4c(=O)c(C(=O)O)cn(C5CC5)c4c3OC)CC2C)c2ccc(F)cc12. The minimum absolute atomic E-state index is 0.0158. The number of carbonyl (C=O) groups is 1. The van der Waals surface area contributed by atoms with Crippen LogP contribution >= 0.6 is 12.2 Å². The van der Waals surface area contributed by atoms with Crippen LogP contribution in [0.3, 0.4) is 0 Å². The van der Waals surface area contributed by atoms with Gasteiger partial charge in [-0.15, -0.1) is 10.2 Å². The molecule has 13 nitrogen and oxygen atoms in total. The zero-order chi connectivity index (χ0) is 32.9. The molecule has 1 unspecified atom stereocenters. The number of methoxy groups -OCH3 is 1. The maximum Gasteiger partial charge on any atom is 0.341 e. The van der Waals surface area contributed by atoms with Gasteiger partial charge in [0.2, 0.25) is 16.4 Å². The molecule has 2 aromatic heterocycles. The average Bonchev–Trinajstić information content (AvgIpc) is 3.83. The summed E-state index contributed by atoms with van der Waals surface area (Å²) in [6.07, 6.45) is 2.93. The van der Waals surface area contributed by atoms with E-state index < -0.39 is 28.6 Å². The van der Waals surface area contributed by atoms with E-state index in [4.69, 9.17) is 21.8 Å². The van der Waals surface area contributed by atoms with E-state index in [1.165, 1.54) is 32.5 Å². The Morgan fingerprint density at radius 3 is 2.59 bits per heavy atom. The summed E-state index contributed by atoms with van der Waals surface area (Å²) in [5.41, 5.74) is 2.28. The number of aromatic carboxylic acids is 1. The lowest BCUT2D eigenvalue weighted by Gasteiger charge is -2.41. The first-order valence-corrected chi connectivity index (χ1v) is 14.9. The Morgan fingerprint density at radius 1 is 1.17 bits per heavy atom. The van der Waals surface area contributed by atoms with Crippen molar-refractivity contribution in [2.45, 2.75) is 38.5 Å². The summed E-state index contributed by atoms with van der Waals surface area (Å²) in [5, 5.41) is 28.9. The number of halogens is 2. The van der Waals surface area contributed by atoms with Gasteiger partial charge >= 0.3 is 5.97 Å². The van der Waals surface area contributed by atoms with Crippen LogP contribution in [-0.2, 0) is 11.5 Å². The highest BCUT2D eigenvalue weighted by Crippen LogP contribution is 2.44. The third kappa shape index (κ3) is 5.52. The number of hydrogen-bond donors (Lipinski definition) is 3. The van der Waals surface area contributed by atoms with Crippen LogP contribution in [0.5, 0.6) is 11.6 Å². The van der Waals surface area contributed by atoms with Crippen molar-refractivity contribution in [1.82, 2.24) is 19.5 Å². The summed E-state index contributed by atoms with van der Waals surface area (Å²) in [5.74, 6) is -2.65. The molecule has 46 heavy (non-hydrogen) atoms. The first kappa shape index (κ1) is 31.3. The molecule has 1 atom stereocenters. The standard InChI is InChI=1S/C30H31F2N7O6S/c1-15-12-36(25-21(32)11-19-24(27(25)44-2)38(17-5-6-17)13-20(26(19)40)29(42)43)8-9-37(15)14-39-22-7-4-16(31)10-18(22)23(28(39)41)33-34-30(46)35-45-3/h4,7,10-11,13,15,17,41H,5-6,8-9,12,14H2,1-3H3,(H,35,46)(H,42,43). The number of aromatic hydroxyl groups is 1. The number of ether oxygens (including phenoxy) is 1. The van der Waals surface area contributed by atoms with Crippen LogP contribution in [0.4, 0.5) is 20.2 Å². The zero-order valence-electron chi connectivity index (χ0n) is 25.2. The molecule has 2 aliphatic rings. The Labute approximate surface area is 266 Å². The maximum absolute atomic E-state index is 15.9. The van der Waals surface area contributed by atoms with Gasteiger partial charge < -0.3 is 24.4 Å². The quantitative estimate of drug-likeness (QED) is 0.139. The van der Waals surface area contributed by atoms with Gasteiger partial charge in [0.05, 0.1) is 37.3 Å². The second kappa shape index (κ2) is 12.3. The van der Waals surface area contributed by atoms with Crippen molar-refractivity contribution in [3.05, 3.63) is 57.9 Å². The second-order valence-corrected chi connectivity index (χ2v) is 11.7. The third-order valence-electron chi connectivity index (χ3n) is 8.38. The molecule has 1 aliphatic heterocycles. The highest BCUT2D eigenvalue weighted by molar-refractivity contribution is 7.80. The van der Waals surface area contributed by atoms with Crippen LogP contribution in [0.2, 0.25) is 0 Å². The lowest BCUT2D eigenvalue weighted by molar-refractivity contribution is 0.0694. The molecule has 0 spiro atoms. The highest BCUT2D eigenvalue weighted by atomic mass is 32.1. The van der Waals surface area contributed by atoms with E-state index in [1.54, 1.807) is 15.2 Å². The van der Waals surface area contributed by atoms with E-state index >= 15 is 4.39 Å². The maximum atomic E-state index is 15.9. The summed E-state index contributed by atoms with van der Waals surface area (Å²) in [7, 11) is 2.76. The van der Waals surface area contributed by atoms with Crippen molar-refractivity contribution in [1.29, 1.82) is 0 Å². The van der Waals surface area contributed by atoms with Crippen LogP contribution in [-0.4, -0.2) is 75.2 Å². The van der Waals surface area contributed by atoms with Gasteiger partial charge in [0.15, 0.2) is 17.3 Å². The predicted molar refractivity (Wildman–Crippen MR) is 169 cm³/mol. The van der Waals surface area contributed by atoms with Crippen molar-refractivity contribution in [3.63, 3.8) is 0 Å². The number of thiocarbonyl (C=S) groups is 1. The molecule has 3 heterocycles. The molecular weight excluding hydrogens is 624 g/mol. The summed E-state index contributed by atoms with van der Waals surface area (Å²) in [6.45, 7) is 3.32. The Bertz CT molecular complexity index is 1980. The third-order valence-corrected chi connectivity index (χ3v) is 8.54.